The van der Waals surface area contributed by atoms with Crippen LogP contribution >= 0.6 is 12.2 Å². The molecular formula is C33H38N6OS. The Balaban J connectivity index is 1.46. The molecule has 0 aliphatic carbocycles. The quantitative estimate of drug-likeness (QED) is 0.238. The minimum absolute atomic E-state index is 0.0276. The number of hydrogen-bond donors (Lipinski definition) is 2. The predicted molar refractivity (Wildman–Crippen MR) is 171 cm³/mol. The summed E-state index contributed by atoms with van der Waals surface area (Å²) in [6.45, 7) is 6.87. The summed E-state index contributed by atoms with van der Waals surface area (Å²) in [6, 6.07) is 24.5. The van der Waals surface area contributed by atoms with Crippen LogP contribution in [0.15, 0.2) is 79.0 Å². The summed E-state index contributed by atoms with van der Waals surface area (Å²) >= 11 is 5.87. The van der Waals surface area contributed by atoms with Gasteiger partial charge in [-0.15, -0.1) is 0 Å². The second-order valence-corrected chi connectivity index (χ2v) is 11.1. The van der Waals surface area contributed by atoms with Gasteiger partial charge < -0.3 is 25.0 Å². The highest BCUT2D eigenvalue weighted by atomic mass is 32.1. The van der Waals surface area contributed by atoms with Gasteiger partial charge in [-0.3, -0.25) is 9.78 Å². The number of nitrogens with one attached hydrogen (secondary N) is 2. The monoisotopic (exact) mass is 566 g/mol. The van der Waals surface area contributed by atoms with Crippen molar-refractivity contribution in [3.63, 3.8) is 0 Å². The lowest BCUT2D eigenvalue weighted by atomic mass is 9.96. The largest absolute Gasteiger partial charge is 0.378 e. The van der Waals surface area contributed by atoms with Crippen molar-refractivity contribution in [2.75, 3.05) is 30.9 Å². The van der Waals surface area contributed by atoms with Gasteiger partial charge in [-0.05, 0) is 92.1 Å². The number of rotatable bonds is 9. The summed E-state index contributed by atoms with van der Waals surface area (Å²) in [4.78, 5) is 22.0. The van der Waals surface area contributed by atoms with Crippen LogP contribution in [-0.2, 0) is 11.2 Å². The topological polar surface area (TPSA) is 65.4 Å². The van der Waals surface area contributed by atoms with Crippen molar-refractivity contribution in [1.82, 2.24) is 19.8 Å². The fourth-order valence-corrected chi connectivity index (χ4v) is 6.09. The molecule has 5 rings (SSSR count). The van der Waals surface area contributed by atoms with E-state index < -0.39 is 0 Å². The van der Waals surface area contributed by atoms with E-state index in [2.05, 4.69) is 81.1 Å². The number of amides is 1. The van der Waals surface area contributed by atoms with E-state index in [-0.39, 0.29) is 18.0 Å². The number of aryl methyl sites for hydroxylation is 2. The number of carbonyl (C=O) groups excluding carboxylic acids is 1. The smallest absolute Gasteiger partial charge is 0.226 e. The first-order chi connectivity index (χ1) is 19.8. The molecule has 41 heavy (non-hydrogen) atoms. The summed E-state index contributed by atoms with van der Waals surface area (Å²) in [5.74, 6) is -0.0276. The van der Waals surface area contributed by atoms with Crippen LogP contribution in [0.4, 0.5) is 11.4 Å². The molecule has 2 aromatic carbocycles. The lowest BCUT2D eigenvalue weighted by Crippen LogP contribution is -2.33. The van der Waals surface area contributed by atoms with Crippen LogP contribution in [0.25, 0.3) is 5.69 Å². The Morgan fingerprint density at radius 2 is 1.78 bits per heavy atom. The number of hydrogen-bond acceptors (Lipinski definition) is 4. The number of benzene rings is 2. The molecule has 0 bridgehead atoms. The van der Waals surface area contributed by atoms with E-state index in [1.807, 2.05) is 62.8 Å². The van der Waals surface area contributed by atoms with Crippen LogP contribution < -0.4 is 15.5 Å². The van der Waals surface area contributed by atoms with E-state index in [1.165, 1.54) is 5.56 Å². The van der Waals surface area contributed by atoms with Crippen LogP contribution in [0, 0.1) is 13.8 Å². The Morgan fingerprint density at radius 3 is 2.46 bits per heavy atom. The molecule has 2 N–H and O–H groups in total. The standard InChI is InChI=1S/C33H38N6OS/c1-6-24-11-7-8-12-28(24)35-30(40)18-20-38-32(31(36-33(38)41)29-13-9-10-19-34-29)27-21-22(2)39(23(27)3)26-16-14-25(15-17-26)37(4)5/h7-17,19,21,31-32H,6,18,20H2,1-5H3,(H,35,40)(H,36,41)/t31-,32+/m0/s1. The summed E-state index contributed by atoms with van der Waals surface area (Å²) in [5, 5.41) is 7.26. The van der Waals surface area contributed by atoms with Crippen molar-refractivity contribution in [3.05, 3.63) is 107 Å². The average molecular weight is 567 g/mol. The number of para-hydroxylation sites is 1. The van der Waals surface area contributed by atoms with Gasteiger partial charge in [-0.25, -0.2) is 0 Å². The second kappa shape index (κ2) is 12.1. The molecule has 2 aromatic heterocycles. The summed E-state index contributed by atoms with van der Waals surface area (Å²) in [5.41, 5.74) is 8.63. The molecule has 1 aliphatic heterocycles. The third-order valence-corrected chi connectivity index (χ3v) is 8.22. The van der Waals surface area contributed by atoms with Crippen molar-refractivity contribution in [2.24, 2.45) is 0 Å². The summed E-state index contributed by atoms with van der Waals surface area (Å²) in [6.07, 6.45) is 2.99. The van der Waals surface area contributed by atoms with Gasteiger partial charge in [-0.1, -0.05) is 31.2 Å². The van der Waals surface area contributed by atoms with Crippen molar-refractivity contribution in [3.8, 4) is 5.69 Å². The van der Waals surface area contributed by atoms with Crippen LogP contribution in [0.2, 0.25) is 0 Å². The van der Waals surface area contributed by atoms with Gasteiger partial charge in [0.25, 0.3) is 0 Å². The molecule has 0 unspecified atom stereocenters. The highest BCUT2D eigenvalue weighted by Gasteiger charge is 2.41. The first-order valence-corrected chi connectivity index (χ1v) is 14.5. The van der Waals surface area contributed by atoms with E-state index in [0.29, 0.717) is 18.1 Å². The number of aromatic nitrogens is 2. The Bertz CT molecular complexity index is 1530. The van der Waals surface area contributed by atoms with Gasteiger partial charge in [0, 0.05) is 61.7 Å². The SMILES string of the molecule is CCc1ccccc1NC(=O)CCN1C(=S)N[C@@H](c2ccccn2)[C@H]1c1cc(C)n(-c2ccc(N(C)C)cc2)c1C. The maximum atomic E-state index is 13.1. The number of thiocarbonyl (C=S) groups is 1. The van der Waals surface area contributed by atoms with Gasteiger partial charge in [-0.2, -0.15) is 0 Å². The van der Waals surface area contributed by atoms with Crippen molar-refractivity contribution < 1.29 is 4.79 Å². The zero-order valence-electron chi connectivity index (χ0n) is 24.4. The first kappa shape index (κ1) is 28.4. The molecule has 2 atom stereocenters. The maximum absolute atomic E-state index is 13.1. The van der Waals surface area contributed by atoms with E-state index >= 15 is 0 Å². The Morgan fingerprint density at radius 1 is 1.05 bits per heavy atom. The molecule has 0 saturated carbocycles. The van der Waals surface area contributed by atoms with Gasteiger partial charge in [0.15, 0.2) is 5.11 Å². The fourth-order valence-electron chi connectivity index (χ4n) is 5.75. The van der Waals surface area contributed by atoms with E-state index in [9.17, 15) is 4.79 Å². The molecular weight excluding hydrogens is 528 g/mol. The van der Waals surface area contributed by atoms with Crippen molar-refractivity contribution in [2.45, 2.75) is 45.7 Å². The van der Waals surface area contributed by atoms with Gasteiger partial charge in [0.05, 0.1) is 17.8 Å². The highest BCUT2D eigenvalue weighted by molar-refractivity contribution is 7.80. The first-order valence-electron chi connectivity index (χ1n) is 14.1. The van der Waals surface area contributed by atoms with E-state index in [0.717, 1.165) is 46.1 Å². The van der Waals surface area contributed by atoms with Gasteiger partial charge in [0.2, 0.25) is 5.91 Å². The van der Waals surface area contributed by atoms with Crippen LogP contribution in [0.1, 0.15) is 53.6 Å². The third kappa shape index (κ3) is 5.84. The molecule has 0 spiro atoms. The molecule has 1 amide bonds. The summed E-state index contributed by atoms with van der Waals surface area (Å²) < 4.78 is 2.29. The molecule has 212 valence electrons. The molecule has 8 heteroatoms. The highest BCUT2D eigenvalue weighted by Crippen LogP contribution is 2.41. The van der Waals surface area contributed by atoms with Crippen LogP contribution in [0.5, 0.6) is 0 Å². The molecule has 0 radical (unpaired) electrons. The maximum Gasteiger partial charge on any atom is 0.226 e. The van der Waals surface area contributed by atoms with E-state index in [1.54, 1.807) is 0 Å². The molecule has 4 aromatic rings. The Labute approximate surface area is 248 Å². The van der Waals surface area contributed by atoms with Gasteiger partial charge in [0.1, 0.15) is 0 Å². The van der Waals surface area contributed by atoms with Crippen LogP contribution in [-0.4, -0.2) is 46.1 Å². The molecule has 3 heterocycles. The lowest BCUT2D eigenvalue weighted by Gasteiger charge is -2.28. The minimum atomic E-state index is -0.141. The zero-order chi connectivity index (χ0) is 29.1. The van der Waals surface area contributed by atoms with Crippen molar-refractivity contribution in [1.29, 1.82) is 0 Å². The van der Waals surface area contributed by atoms with Gasteiger partial charge >= 0.3 is 0 Å². The fraction of sp³-hybridized carbons (Fsp3) is 0.303. The molecule has 1 fully saturated rings. The zero-order valence-corrected chi connectivity index (χ0v) is 25.2. The normalized spacial score (nSPS) is 16.5. The van der Waals surface area contributed by atoms with Crippen LogP contribution in [0.3, 0.4) is 0 Å². The summed E-state index contributed by atoms with van der Waals surface area (Å²) in [7, 11) is 4.09. The minimum Gasteiger partial charge on any atom is -0.378 e. The molecule has 1 saturated heterocycles. The van der Waals surface area contributed by atoms with Crippen molar-refractivity contribution >= 4 is 34.6 Å². The molecule has 7 nitrogen and oxygen atoms in total. The predicted octanol–water partition coefficient (Wildman–Crippen LogP) is 6.12. The number of anilines is 2. The Hall–Kier alpha value is -4.17. The third-order valence-electron chi connectivity index (χ3n) is 7.86. The second-order valence-electron chi connectivity index (χ2n) is 10.7. The molecule has 1 aliphatic rings. The average Bonchev–Trinajstić information content (AvgIpc) is 3.46. The number of nitrogens with zero attached hydrogens (tertiary/aromatic N) is 4. The van der Waals surface area contributed by atoms with E-state index in [4.69, 9.17) is 12.2 Å². The Kier molecular flexibility index (Phi) is 8.40. The number of carbonyl (C=O) groups is 1. The lowest BCUT2D eigenvalue weighted by molar-refractivity contribution is -0.116. The number of pyridine rings is 1.